The lowest BCUT2D eigenvalue weighted by Gasteiger charge is -2.24. The van der Waals surface area contributed by atoms with Gasteiger partial charge in [0.2, 0.25) is 0 Å². The number of nitrogens with one attached hydrogen (secondary N) is 1. The zero-order valence-corrected chi connectivity index (χ0v) is 19.3. The van der Waals surface area contributed by atoms with Crippen LogP contribution in [0.25, 0.3) is 22.0 Å². The van der Waals surface area contributed by atoms with Crippen molar-refractivity contribution in [2.75, 3.05) is 6.61 Å². The van der Waals surface area contributed by atoms with Gasteiger partial charge < -0.3 is 14.8 Å². The van der Waals surface area contributed by atoms with Crippen LogP contribution in [0.1, 0.15) is 66.1 Å². The van der Waals surface area contributed by atoms with E-state index in [2.05, 4.69) is 22.1 Å². The molecule has 0 saturated heterocycles. The summed E-state index contributed by atoms with van der Waals surface area (Å²) in [5.74, 6) is 0.430. The van der Waals surface area contributed by atoms with Crippen LogP contribution in [0, 0.1) is 0 Å². The fraction of sp³-hybridized carbons (Fsp3) is 0.310. The Morgan fingerprint density at radius 3 is 2.62 bits per heavy atom. The van der Waals surface area contributed by atoms with Gasteiger partial charge in [-0.2, -0.15) is 0 Å². The highest BCUT2D eigenvalue weighted by Gasteiger charge is 2.23. The Labute approximate surface area is 199 Å². The second-order valence-corrected chi connectivity index (χ2v) is 9.07. The second kappa shape index (κ2) is 10.1. The number of benzene rings is 2. The number of carbonyl (C=O) groups is 1. The summed E-state index contributed by atoms with van der Waals surface area (Å²) in [4.78, 5) is 19.8. The number of aromatic nitrogens is 2. The minimum atomic E-state index is -0.931. The number of ether oxygens (including phenoxy) is 1. The van der Waals surface area contributed by atoms with Gasteiger partial charge in [0, 0.05) is 28.9 Å². The zero-order valence-electron chi connectivity index (χ0n) is 19.3. The van der Waals surface area contributed by atoms with Crippen LogP contribution >= 0.6 is 0 Å². The number of H-pyrrole nitrogens is 1. The number of aromatic carboxylic acids is 1. The van der Waals surface area contributed by atoms with Crippen LogP contribution in [0.4, 0.5) is 0 Å². The summed E-state index contributed by atoms with van der Waals surface area (Å²) < 4.78 is 5.83. The maximum Gasteiger partial charge on any atom is 0.352 e. The number of hydrogen-bond acceptors (Lipinski definition) is 3. The van der Waals surface area contributed by atoms with Crippen molar-refractivity contribution in [1.29, 1.82) is 0 Å². The first-order chi connectivity index (χ1) is 16.7. The Morgan fingerprint density at radius 1 is 1.00 bits per heavy atom. The molecule has 0 radical (unpaired) electrons. The summed E-state index contributed by atoms with van der Waals surface area (Å²) in [6.07, 6.45) is 11.4. The molecule has 5 heteroatoms. The SMILES string of the molecule is O=C(O)c1[nH]c2c(-c3cnccc3C3CCCCC3)cccc2c1CCCOc1ccccc1. The molecule has 0 spiro atoms. The van der Waals surface area contributed by atoms with Gasteiger partial charge in [0.15, 0.2) is 0 Å². The topological polar surface area (TPSA) is 75.2 Å². The number of para-hydroxylation sites is 2. The normalized spacial score (nSPS) is 14.4. The third kappa shape index (κ3) is 4.56. The molecule has 5 rings (SSSR count). The number of pyridine rings is 1. The van der Waals surface area contributed by atoms with Crippen LogP contribution in [0.2, 0.25) is 0 Å². The van der Waals surface area contributed by atoms with Crippen LogP contribution in [0.3, 0.4) is 0 Å². The Balaban J connectivity index is 1.47. The fourth-order valence-electron chi connectivity index (χ4n) is 5.30. The Hall–Kier alpha value is -3.60. The van der Waals surface area contributed by atoms with Crippen molar-refractivity contribution >= 4 is 16.9 Å². The monoisotopic (exact) mass is 454 g/mol. The molecule has 5 nitrogen and oxygen atoms in total. The van der Waals surface area contributed by atoms with E-state index in [1.54, 1.807) is 0 Å². The smallest absolute Gasteiger partial charge is 0.352 e. The molecule has 2 heterocycles. The molecule has 2 N–H and O–H groups in total. The fourth-order valence-corrected chi connectivity index (χ4v) is 5.30. The van der Waals surface area contributed by atoms with Gasteiger partial charge in [-0.15, -0.1) is 0 Å². The Kier molecular flexibility index (Phi) is 6.61. The molecule has 2 aromatic heterocycles. The predicted molar refractivity (Wildman–Crippen MR) is 135 cm³/mol. The summed E-state index contributed by atoms with van der Waals surface area (Å²) in [5.41, 5.74) is 5.45. The molecule has 2 aromatic carbocycles. The number of nitrogens with zero attached hydrogens (tertiary/aromatic N) is 1. The Bertz CT molecular complexity index is 1270. The number of aromatic amines is 1. The number of fused-ring (bicyclic) bond motifs is 1. The average Bonchev–Trinajstić information content (AvgIpc) is 3.27. The molecular formula is C29H30N2O3. The molecule has 0 unspecified atom stereocenters. The van der Waals surface area contributed by atoms with Gasteiger partial charge in [-0.3, -0.25) is 4.98 Å². The lowest BCUT2D eigenvalue weighted by Crippen LogP contribution is -2.06. The highest BCUT2D eigenvalue weighted by Crippen LogP contribution is 2.40. The van der Waals surface area contributed by atoms with E-state index in [-0.39, 0.29) is 5.69 Å². The van der Waals surface area contributed by atoms with E-state index in [4.69, 9.17) is 4.74 Å². The summed E-state index contributed by atoms with van der Waals surface area (Å²) in [6, 6.07) is 18.0. The van der Waals surface area contributed by atoms with Crippen molar-refractivity contribution < 1.29 is 14.6 Å². The maximum atomic E-state index is 12.1. The third-order valence-electron chi connectivity index (χ3n) is 6.93. The quantitative estimate of drug-likeness (QED) is 0.281. The molecule has 0 aliphatic heterocycles. The van der Waals surface area contributed by atoms with Crippen molar-refractivity contribution in [3.05, 3.63) is 83.8 Å². The first-order valence-electron chi connectivity index (χ1n) is 12.2. The summed E-state index contributed by atoms with van der Waals surface area (Å²) in [7, 11) is 0. The van der Waals surface area contributed by atoms with Gasteiger partial charge in [-0.1, -0.05) is 55.7 Å². The third-order valence-corrected chi connectivity index (χ3v) is 6.93. The minimum absolute atomic E-state index is 0.269. The zero-order chi connectivity index (χ0) is 23.3. The number of carboxylic acids is 1. The predicted octanol–water partition coefficient (Wildman–Crippen LogP) is 6.99. The van der Waals surface area contributed by atoms with E-state index in [0.29, 0.717) is 18.9 Å². The van der Waals surface area contributed by atoms with E-state index < -0.39 is 5.97 Å². The van der Waals surface area contributed by atoms with Crippen molar-refractivity contribution in [2.45, 2.75) is 50.9 Å². The highest BCUT2D eigenvalue weighted by atomic mass is 16.5. The van der Waals surface area contributed by atoms with Crippen molar-refractivity contribution in [2.24, 2.45) is 0 Å². The van der Waals surface area contributed by atoms with Crippen LogP contribution in [0.5, 0.6) is 5.75 Å². The molecular weight excluding hydrogens is 424 g/mol. The minimum Gasteiger partial charge on any atom is -0.494 e. The van der Waals surface area contributed by atoms with Crippen molar-refractivity contribution in [3.8, 4) is 16.9 Å². The van der Waals surface area contributed by atoms with Crippen molar-refractivity contribution in [1.82, 2.24) is 9.97 Å². The first-order valence-corrected chi connectivity index (χ1v) is 12.2. The van der Waals surface area contributed by atoms with Gasteiger partial charge >= 0.3 is 5.97 Å². The number of aryl methyl sites for hydroxylation is 1. The van der Waals surface area contributed by atoms with E-state index in [9.17, 15) is 9.90 Å². The maximum absolute atomic E-state index is 12.1. The molecule has 174 valence electrons. The summed E-state index contributed by atoms with van der Waals surface area (Å²) >= 11 is 0. The molecule has 1 aliphatic rings. The van der Waals surface area contributed by atoms with Crippen LogP contribution in [-0.2, 0) is 6.42 Å². The van der Waals surface area contributed by atoms with Gasteiger partial charge in [0.1, 0.15) is 11.4 Å². The van der Waals surface area contributed by atoms with Gasteiger partial charge in [0.25, 0.3) is 0 Å². The lowest BCUT2D eigenvalue weighted by molar-refractivity contribution is 0.0690. The van der Waals surface area contributed by atoms with Crippen LogP contribution in [0.15, 0.2) is 67.0 Å². The highest BCUT2D eigenvalue weighted by molar-refractivity contribution is 6.03. The molecule has 0 bridgehead atoms. The summed E-state index contributed by atoms with van der Waals surface area (Å²) in [5, 5.41) is 10.9. The largest absolute Gasteiger partial charge is 0.494 e. The number of hydrogen-bond donors (Lipinski definition) is 2. The Morgan fingerprint density at radius 2 is 1.82 bits per heavy atom. The number of carboxylic acid groups (broad SMARTS) is 1. The molecule has 34 heavy (non-hydrogen) atoms. The summed E-state index contributed by atoms with van der Waals surface area (Å²) in [6.45, 7) is 0.532. The average molecular weight is 455 g/mol. The van der Waals surface area contributed by atoms with E-state index in [1.165, 1.54) is 37.7 Å². The van der Waals surface area contributed by atoms with Gasteiger partial charge in [-0.25, -0.2) is 4.79 Å². The second-order valence-electron chi connectivity index (χ2n) is 9.07. The van der Waals surface area contributed by atoms with Crippen LogP contribution < -0.4 is 4.74 Å². The van der Waals surface area contributed by atoms with Gasteiger partial charge in [-0.05, 0) is 60.9 Å². The van der Waals surface area contributed by atoms with E-state index in [0.717, 1.165) is 39.8 Å². The molecule has 1 saturated carbocycles. The molecule has 4 aromatic rings. The lowest BCUT2D eigenvalue weighted by atomic mass is 9.81. The molecule has 1 aliphatic carbocycles. The van der Waals surface area contributed by atoms with E-state index in [1.807, 2.05) is 54.9 Å². The van der Waals surface area contributed by atoms with Crippen molar-refractivity contribution in [3.63, 3.8) is 0 Å². The number of rotatable bonds is 8. The standard InChI is InChI=1S/C29H30N2O3/c32-29(33)28-24(15-8-18-34-21-11-5-2-6-12-21)23-13-7-14-25(27(23)31-28)26-19-30-17-16-22(26)20-9-3-1-4-10-20/h2,5-7,11-14,16-17,19-20,31H,1,3-4,8-10,15,18H2,(H,32,33). The molecule has 0 atom stereocenters. The van der Waals surface area contributed by atoms with E-state index >= 15 is 0 Å². The van der Waals surface area contributed by atoms with Gasteiger partial charge in [0.05, 0.1) is 12.1 Å². The first kappa shape index (κ1) is 22.2. The van der Waals surface area contributed by atoms with Crippen LogP contribution in [-0.4, -0.2) is 27.7 Å². The molecule has 0 amide bonds. The molecule has 1 fully saturated rings.